The van der Waals surface area contributed by atoms with Gasteiger partial charge in [0.1, 0.15) is 19.0 Å². The quantitative estimate of drug-likeness (QED) is 0.344. The Balaban J connectivity index is 1.61. The average molecular weight is 385 g/mol. The van der Waals surface area contributed by atoms with Gasteiger partial charge in [-0.3, -0.25) is 4.79 Å². The molecule has 0 saturated carbocycles. The second-order valence-corrected chi connectivity index (χ2v) is 6.36. The van der Waals surface area contributed by atoms with Crippen LogP contribution in [0.4, 0.5) is 0 Å². The minimum absolute atomic E-state index is 0.0336. The van der Waals surface area contributed by atoms with Crippen LogP contribution in [0.3, 0.4) is 0 Å². The van der Waals surface area contributed by atoms with E-state index >= 15 is 0 Å². The van der Waals surface area contributed by atoms with Crippen molar-refractivity contribution in [3.05, 3.63) is 101 Å². The van der Waals surface area contributed by atoms with E-state index in [-0.39, 0.29) is 24.6 Å². The number of nitriles is 1. The van der Waals surface area contributed by atoms with Gasteiger partial charge in [0, 0.05) is 11.1 Å². The van der Waals surface area contributed by atoms with Crippen molar-refractivity contribution in [2.24, 2.45) is 0 Å². The fraction of sp³-hybridized carbons (Fsp3) is 0.125. The monoisotopic (exact) mass is 385 g/mol. The highest BCUT2D eigenvalue weighted by atomic mass is 16.6. The van der Waals surface area contributed by atoms with Crippen LogP contribution in [0.5, 0.6) is 5.75 Å². The minimum Gasteiger partial charge on any atom is -0.490 e. The summed E-state index contributed by atoms with van der Waals surface area (Å²) in [6.07, 6.45) is 0. The lowest BCUT2D eigenvalue weighted by Crippen LogP contribution is -2.16. The van der Waals surface area contributed by atoms with E-state index < -0.39 is 5.97 Å². The molecule has 0 unspecified atom stereocenters. The van der Waals surface area contributed by atoms with Crippen molar-refractivity contribution in [2.45, 2.75) is 6.92 Å². The molecule has 29 heavy (non-hydrogen) atoms. The van der Waals surface area contributed by atoms with E-state index in [4.69, 9.17) is 14.7 Å². The minimum atomic E-state index is -0.579. The van der Waals surface area contributed by atoms with Crippen LogP contribution in [0.2, 0.25) is 0 Å². The largest absolute Gasteiger partial charge is 0.490 e. The van der Waals surface area contributed by atoms with E-state index in [0.717, 1.165) is 5.56 Å². The Morgan fingerprint density at radius 2 is 1.52 bits per heavy atom. The highest BCUT2D eigenvalue weighted by Crippen LogP contribution is 2.17. The van der Waals surface area contributed by atoms with Gasteiger partial charge in [0.05, 0.1) is 17.2 Å². The number of nitrogens with zero attached hydrogens (tertiary/aromatic N) is 1. The van der Waals surface area contributed by atoms with E-state index in [1.54, 1.807) is 60.7 Å². The summed E-state index contributed by atoms with van der Waals surface area (Å²) in [6, 6.07) is 22.5. The Labute approximate surface area is 169 Å². The van der Waals surface area contributed by atoms with Gasteiger partial charge >= 0.3 is 5.97 Å². The summed E-state index contributed by atoms with van der Waals surface area (Å²) in [4.78, 5) is 25.3. The van der Waals surface area contributed by atoms with Gasteiger partial charge in [0.15, 0.2) is 5.78 Å². The highest BCUT2D eigenvalue weighted by Gasteiger charge is 2.19. The normalized spacial score (nSPS) is 10.1. The zero-order chi connectivity index (χ0) is 20.6. The zero-order valence-corrected chi connectivity index (χ0v) is 15.9. The average Bonchev–Trinajstić information content (AvgIpc) is 2.77. The highest BCUT2D eigenvalue weighted by molar-refractivity contribution is 6.14. The third-order valence-electron chi connectivity index (χ3n) is 4.27. The standard InChI is InChI=1S/C24H19NO4/c1-17-6-10-19(11-7-17)23(26)21-4-2-3-5-22(21)24(27)29-15-14-28-20-12-8-18(16-25)9-13-20/h2-13H,14-15H2,1H3. The van der Waals surface area contributed by atoms with Gasteiger partial charge < -0.3 is 9.47 Å². The second kappa shape index (κ2) is 9.34. The Hall–Kier alpha value is -3.91. The Morgan fingerprint density at radius 3 is 2.17 bits per heavy atom. The molecule has 144 valence electrons. The molecule has 0 fully saturated rings. The van der Waals surface area contributed by atoms with Gasteiger partial charge in [-0.15, -0.1) is 0 Å². The molecule has 0 bridgehead atoms. The number of hydrogen-bond acceptors (Lipinski definition) is 5. The van der Waals surface area contributed by atoms with Crippen LogP contribution in [0.25, 0.3) is 0 Å². The van der Waals surface area contributed by atoms with Crippen LogP contribution in [0.15, 0.2) is 72.8 Å². The number of aryl methyl sites for hydroxylation is 1. The number of carbonyl (C=O) groups is 2. The third kappa shape index (κ3) is 5.08. The van der Waals surface area contributed by atoms with Crippen LogP contribution >= 0.6 is 0 Å². The fourth-order valence-corrected chi connectivity index (χ4v) is 2.72. The lowest BCUT2D eigenvalue weighted by Gasteiger charge is -2.10. The summed E-state index contributed by atoms with van der Waals surface area (Å²) >= 11 is 0. The summed E-state index contributed by atoms with van der Waals surface area (Å²) in [5.41, 5.74) is 2.63. The van der Waals surface area contributed by atoms with Gasteiger partial charge in [-0.2, -0.15) is 5.26 Å². The SMILES string of the molecule is Cc1ccc(C(=O)c2ccccc2C(=O)OCCOc2ccc(C#N)cc2)cc1. The number of esters is 1. The molecule has 0 saturated heterocycles. The van der Waals surface area contributed by atoms with E-state index in [9.17, 15) is 9.59 Å². The molecule has 0 N–H and O–H groups in total. The molecule has 3 aromatic carbocycles. The number of rotatable bonds is 7. The number of ketones is 1. The molecule has 0 atom stereocenters. The van der Waals surface area contributed by atoms with Gasteiger partial charge in [0.2, 0.25) is 0 Å². The van der Waals surface area contributed by atoms with Crippen LogP contribution in [-0.2, 0) is 4.74 Å². The summed E-state index contributed by atoms with van der Waals surface area (Å²) < 4.78 is 10.8. The van der Waals surface area contributed by atoms with Crippen LogP contribution in [-0.4, -0.2) is 25.0 Å². The van der Waals surface area contributed by atoms with Crippen molar-refractivity contribution >= 4 is 11.8 Å². The number of ether oxygens (including phenoxy) is 2. The molecule has 0 aliphatic heterocycles. The van der Waals surface area contributed by atoms with Gasteiger partial charge in [-0.1, -0.05) is 48.0 Å². The first kappa shape index (κ1) is 19.8. The third-order valence-corrected chi connectivity index (χ3v) is 4.27. The van der Waals surface area contributed by atoms with E-state index in [0.29, 0.717) is 22.4 Å². The first-order chi connectivity index (χ1) is 14.1. The van der Waals surface area contributed by atoms with Crippen molar-refractivity contribution < 1.29 is 19.1 Å². The molecule has 0 aromatic heterocycles. The molecule has 0 aliphatic rings. The van der Waals surface area contributed by atoms with E-state index in [1.165, 1.54) is 0 Å². The van der Waals surface area contributed by atoms with Crippen LogP contribution in [0.1, 0.15) is 37.4 Å². The maximum Gasteiger partial charge on any atom is 0.339 e. The van der Waals surface area contributed by atoms with Crippen molar-refractivity contribution in [1.82, 2.24) is 0 Å². The lowest BCUT2D eigenvalue weighted by atomic mass is 9.98. The van der Waals surface area contributed by atoms with Crippen LogP contribution in [0, 0.1) is 18.3 Å². The lowest BCUT2D eigenvalue weighted by molar-refractivity contribution is 0.0448. The summed E-state index contributed by atoms with van der Waals surface area (Å²) in [6.45, 7) is 2.14. The zero-order valence-electron chi connectivity index (χ0n) is 15.9. The molecule has 5 nitrogen and oxygen atoms in total. The predicted molar refractivity (Wildman–Crippen MR) is 108 cm³/mol. The predicted octanol–water partition coefficient (Wildman–Crippen LogP) is 4.33. The number of carbonyl (C=O) groups excluding carboxylic acids is 2. The summed E-state index contributed by atoms with van der Waals surface area (Å²) in [5, 5.41) is 8.79. The van der Waals surface area contributed by atoms with Crippen molar-refractivity contribution in [1.29, 1.82) is 5.26 Å². The van der Waals surface area contributed by atoms with Crippen molar-refractivity contribution in [3.8, 4) is 11.8 Å². The van der Waals surface area contributed by atoms with Gasteiger partial charge in [-0.25, -0.2) is 4.79 Å². The molecular weight excluding hydrogens is 366 g/mol. The van der Waals surface area contributed by atoms with Crippen LogP contribution < -0.4 is 4.74 Å². The van der Waals surface area contributed by atoms with Crippen molar-refractivity contribution in [3.63, 3.8) is 0 Å². The van der Waals surface area contributed by atoms with E-state index in [2.05, 4.69) is 0 Å². The molecule has 0 aliphatic carbocycles. The maximum absolute atomic E-state index is 12.8. The smallest absolute Gasteiger partial charge is 0.339 e. The molecule has 0 heterocycles. The Morgan fingerprint density at radius 1 is 0.862 bits per heavy atom. The van der Waals surface area contributed by atoms with Gasteiger partial charge in [0.25, 0.3) is 0 Å². The Kier molecular flexibility index (Phi) is 6.39. The van der Waals surface area contributed by atoms with Crippen molar-refractivity contribution in [2.75, 3.05) is 13.2 Å². The molecule has 0 spiro atoms. The molecule has 5 heteroatoms. The molecule has 3 aromatic rings. The summed E-state index contributed by atoms with van der Waals surface area (Å²) in [7, 11) is 0. The number of hydrogen-bond donors (Lipinski definition) is 0. The Bertz CT molecular complexity index is 1050. The second-order valence-electron chi connectivity index (χ2n) is 6.36. The first-order valence-corrected chi connectivity index (χ1v) is 9.09. The molecule has 0 radical (unpaired) electrons. The fourth-order valence-electron chi connectivity index (χ4n) is 2.72. The molecular formula is C24H19NO4. The summed E-state index contributed by atoms with van der Waals surface area (Å²) in [5.74, 6) is -0.231. The topological polar surface area (TPSA) is 76.4 Å². The first-order valence-electron chi connectivity index (χ1n) is 9.09. The molecule has 0 amide bonds. The maximum atomic E-state index is 12.8. The molecule has 3 rings (SSSR count). The van der Waals surface area contributed by atoms with Gasteiger partial charge in [-0.05, 0) is 37.3 Å². The van der Waals surface area contributed by atoms with E-state index in [1.807, 2.05) is 25.1 Å². The number of benzene rings is 3.